The first-order valence-corrected chi connectivity index (χ1v) is 28.0. The van der Waals surface area contributed by atoms with Crippen LogP contribution in [0.3, 0.4) is 0 Å². The number of rotatable bonds is 10. The number of anilines is 4. The molecule has 0 bridgehead atoms. The standard InChI is InChI=1S/C75H62N6O/c1-46(2)55-30-22-31-56(47(3)4)69(55)51-40-52(42-54(41-51)82-53-37-38-58-57-27-14-19-34-64(57)81(67(58)43-53)68-39-48(5)61(44-76-68)49-23-10-8-11-24-49)79-45-80(66-36-21-20-35-65(66)79)75-73-71(59-28-15-17-32-62(59)77(73)6)70(50-25-12-9-13-26-50)72-60-29-16-18-33-63(60)78(7)74(72)75/h8-44,46-47H,45H2,1-7H3/i5D3,6D3,7D3. The van der Waals surface area contributed by atoms with Crippen LogP contribution < -0.4 is 14.5 Å². The van der Waals surface area contributed by atoms with Gasteiger partial charge in [0.15, 0.2) is 0 Å². The average Bonchev–Trinajstić information content (AvgIpc) is 1.52. The zero-order valence-corrected chi connectivity index (χ0v) is 45.8. The van der Waals surface area contributed by atoms with E-state index < -0.39 is 20.8 Å². The molecule has 0 saturated heterocycles. The van der Waals surface area contributed by atoms with E-state index in [4.69, 9.17) is 13.8 Å². The van der Waals surface area contributed by atoms with Crippen LogP contribution in [-0.4, -0.2) is 25.4 Å². The van der Waals surface area contributed by atoms with Crippen LogP contribution >= 0.6 is 0 Å². The summed E-state index contributed by atoms with van der Waals surface area (Å²) < 4.78 is 94.9. The van der Waals surface area contributed by atoms with E-state index in [-0.39, 0.29) is 24.1 Å². The Kier molecular flexibility index (Phi) is 9.43. The van der Waals surface area contributed by atoms with Gasteiger partial charge in [-0.2, -0.15) is 0 Å². The maximum Gasteiger partial charge on any atom is 0.137 e. The van der Waals surface area contributed by atoms with Crippen LogP contribution in [0.25, 0.3) is 105 Å². The lowest BCUT2D eigenvalue weighted by Gasteiger charge is -2.27. The highest BCUT2D eigenvalue weighted by molar-refractivity contribution is 6.33. The number of pyridine rings is 1. The van der Waals surface area contributed by atoms with Crippen LogP contribution in [0.2, 0.25) is 0 Å². The Morgan fingerprint density at radius 3 is 1.67 bits per heavy atom. The van der Waals surface area contributed by atoms with E-state index in [1.807, 2.05) is 174 Å². The number of benzene rings is 10. The van der Waals surface area contributed by atoms with Crippen LogP contribution in [0.15, 0.2) is 225 Å². The zero-order chi connectivity index (χ0) is 63.0. The number of aromatic nitrogens is 4. The van der Waals surface area contributed by atoms with Gasteiger partial charge in [-0.1, -0.05) is 173 Å². The quantitative estimate of drug-likeness (QED) is 0.137. The van der Waals surface area contributed by atoms with Crippen molar-refractivity contribution in [2.75, 3.05) is 16.5 Å². The molecule has 0 aliphatic carbocycles. The summed E-state index contributed by atoms with van der Waals surface area (Å²) in [4.78, 5) is 9.31. The summed E-state index contributed by atoms with van der Waals surface area (Å²) in [5.74, 6) is 1.81. The Labute approximate surface area is 490 Å². The molecule has 82 heavy (non-hydrogen) atoms. The second-order valence-corrected chi connectivity index (χ2v) is 22.2. The minimum absolute atomic E-state index is 0.130. The number of ether oxygens (including phenoxy) is 1. The molecule has 5 heterocycles. The van der Waals surface area contributed by atoms with Crippen molar-refractivity contribution in [3.05, 3.63) is 241 Å². The molecule has 0 amide bonds. The highest BCUT2D eigenvalue weighted by Crippen LogP contribution is 2.55. The molecule has 0 fully saturated rings. The summed E-state index contributed by atoms with van der Waals surface area (Å²) in [5, 5.41) is 4.73. The van der Waals surface area contributed by atoms with E-state index in [1.165, 1.54) is 20.3 Å². The fourth-order valence-electron chi connectivity index (χ4n) is 13.1. The third kappa shape index (κ3) is 7.60. The van der Waals surface area contributed by atoms with Gasteiger partial charge in [-0.3, -0.25) is 4.57 Å². The van der Waals surface area contributed by atoms with Gasteiger partial charge in [0.2, 0.25) is 0 Å². The van der Waals surface area contributed by atoms with Gasteiger partial charge >= 0.3 is 0 Å². The lowest BCUT2D eigenvalue weighted by molar-refractivity contribution is 0.483. The molecule has 7 nitrogen and oxygen atoms in total. The first-order valence-electron chi connectivity index (χ1n) is 32.5. The minimum Gasteiger partial charge on any atom is -0.457 e. The van der Waals surface area contributed by atoms with E-state index in [9.17, 15) is 8.22 Å². The van der Waals surface area contributed by atoms with Crippen LogP contribution in [0.1, 0.15) is 68.6 Å². The van der Waals surface area contributed by atoms with Gasteiger partial charge in [0, 0.05) is 105 Å². The predicted molar refractivity (Wildman–Crippen MR) is 344 cm³/mol. The van der Waals surface area contributed by atoms with Crippen molar-refractivity contribution in [3.63, 3.8) is 0 Å². The molecule has 7 heteroatoms. The predicted octanol–water partition coefficient (Wildman–Crippen LogP) is 20.1. The SMILES string of the molecule is [2H]C([2H])([2H])c1cc(-n2c3ccccc3c3ccc(Oc4cc(-c5c(C(C)C)cccc5C(C)C)cc(N5CN(c6c7c(c(-c8ccccc8)c8c9ccccc9n(C([2H])([2H])[2H])c68)c6ccccc6n7C([2H])([2H])[2H])c6ccccc65)c4)cc32)ncc1-c1ccccc1. The van der Waals surface area contributed by atoms with Crippen molar-refractivity contribution in [1.29, 1.82) is 0 Å². The molecule has 1 aliphatic heterocycles. The molecule has 14 aromatic rings. The largest absolute Gasteiger partial charge is 0.457 e. The lowest BCUT2D eigenvalue weighted by Crippen LogP contribution is -2.25. The molecule has 1 aliphatic rings. The topological polar surface area (TPSA) is 43.4 Å². The number of aryl methyl sites for hydroxylation is 3. The van der Waals surface area contributed by atoms with Crippen molar-refractivity contribution in [3.8, 4) is 50.7 Å². The van der Waals surface area contributed by atoms with Crippen LogP contribution in [0.5, 0.6) is 11.5 Å². The molecule has 0 N–H and O–H groups in total. The second kappa shape index (κ2) is 19.2. The zero-order valence-electron chi connectivity index (χ0n) is 54.8. The highest BCUT2D eigenvalue weighted by atomic mass is 16.5. The fraction of sp³-hybridized carbons (Fsp3) is 0.133. The van der Waals surface area contributed by atoms with Crippen LogP contribution in [-0.2, 0) is 14.0 Å². The van der Waals surface area contributed by atoms with Crippen molar-refractivity contribution in [2.45, 2.75) is 46.4 Å². The molecule has 4 aromatic heterocycles. The molecule has 0 atom stereocenters. The van der Waals surface area contributed by atoms with Gasteiger partial charge < -0.3 is 23.7 Å². The summed E-state index contributed by atoms with van der Waals surface area (Å²) in [6.45, 7) is 1.06. The van der Waals surface area contributed by atoms with Gasteiger partial charge in [-0.05, 0) is 118 Å². The molecule has 10 aromatic carbocycles. The van der Waals surface area contributed by atoms with Gasteiger partial charge in [-0.15, -0.1) is 0 Å². The molecule has 0 unspecified atom stereocenters. The van der Waals surface area contributed by atoms with Gasteiger partial charge in [0.05, 0.1) is 39.1 Å². The summed E-state index contributed by atoms with van der Waals surface area (Å²) in [6, 6.07) is 71.1. The first kappa shape index (κ1) is 40.3. The third-order valence-corrected chi connectivity index (χ3v) is 16.7. The van der Waals surface area contributed by atoms with E-state index >= 15 is 0 Å². The van der Waals surface area contributed by atoms with E-state index in [0.29, 0.717) is 61.4 Å². The molecule has 398 valence electrons. The summed E-state index contributed by atoms with van der Waals surface area (Å²) in [5.41, 5.74) is 13.5. The normalized spacial score (nSPS) is 14.8. The van der Waals surface area contributed by atoms with Gasteiger partial charge in [-0.25, -0.2) is 4.98 Å². The number of fused-ring (bicyclic) bond motifs is 10. The lowest BCUT2D eigenvalue weighted by atomic mass is 9.85. The van der Waals surface area contributed by atoms with Crippen molar-refractivity contribution in [1.82, 2.24) is 18.7 Å². The Morgan fingerprint density at radius 1 is 0.463 bits per heavy atom. The highest BCUT2D eigenvalue weighted by Gasteiger charge is 2.35. The summed E-state index contributed by atoms with van der Waals surface area (Å²) in [7, 11) is 0. The van der Waals surface area contributed by atoms with Crippen LogP contribution in [0.4, 0.5) is 22.7 Å². The number of hydrogen-bond acceptors (Lipinski definition) is 4. The molecule has 0 spiro atoms. The van der Waals surface area contributed by atoms with E-state index in [0.717, 1.165) is 77.5 Å². The second-order valence-electron chi connectivity index (χ2n) is 22.2. The Bertz CT molecular complexity index is 5100. The molecule has 15 rings (SSSR count). The molecular formula is C75H62N6O. The van der Waals surface area contributed by atoms with E-state index in [2.05, 4.69) is 80.0 Å². The van der Waals surface area contributed by atoms with Crippen molar-refractivity contribution < 1.29 is 17.1 Å². The minimum atomic E-state index is -2.73. The average molecular weight is 1070 g/mol. The Balaban J connectivity index is 0.968. The number of nitrogens with zero attached hydrogens (tertiary/aromatic N) is 6. The molecule has 0 saturated carbocycles. The fourth-order valence-corrected chi connectivity index (χ4v) is 13.1. The summed E-state index contributed by atoms with van der Waals surface area (Å²) >= 11 is 0. The maximum atomic E-state index is 9.43. The Morgan fingerprint density at radius 2 is 1.04 bits per heavy atom. The van der Waals surface area contributed by atoms with Gasteiger partial charge in [0.25, 0.3) is 0 Å². The molecular weight excluding hydrogens is 1000 g/mol. The van der Waals surface area contributed by atoms with Crippen molar-refractivity contribution in [2.24, 2.45) is 14.0 Å². The third-order valence-electron chi connectivity index (χ3n) is 16.7. The van der Waals surface area contributed by atoms with Crippen molar-refractivity contribution >= 4 is 88.2 Å². The van der Waals surface area contributed by atoms with E-state index in [1.54, 1.807) is 12.3 Å². The Hall–Kier alpha value is -9.85. The molecule has 0 radical (unpaired) electrons. The number of hydrogen-bond donors (Lipinski definition) is 0. The van der Waals surface area contributed by atoms with Gasteiger partial charge in [0.1, 0.15) is 24.0 Å². The number of para-hydroxylation sites is 5. The maximum absolute atomic E-state index is 9.43. The smallest absolute Gasteiger partial charge is 0.137 e. The monoisotopic (exact) mass is 1070 g/mol. The van der Waals surface area contributed by atoms with Crippen LogP contribution in [0, 0.1) is 6.85 Å². The summed E-state index contributed by atoms with van der Waals surface area (Å²) in [6.07, 6.45) is 1.66. The first-order chi connectivity index (χ1) is 43.7.